The van der Waals surface area contributed by atoms with E-state index >= 15 is 0 Å². The van der Waals surface area contributed by atoms with Crippen molar-refractivity contribution in [3.05, 3.63) is 82.3 Å². The van der Waals surface area contributed by atoms with Crippen molar-refractivity contribution in [1.82, 2.24) is 25.2 Å². The monoisotopic (exact) mass is 623 g/mol. The van der Waals surface area contributed by atoms with Crippen LogP contribution in [0.2, 0.25) is 0 Å². The number of rotatable bonds is 6. The summed E-state index contributed by atoms with van der Waals surface area (Å²) >= 11 is 3.35. The number of aromatic nitrogens is 3. The highest BCUT2D eigenvalue weighted by Gasteiger charge is 2.14. The zero-order chi connectivity index (χ0) is 30.2. The Morgan fingerprint density at radius 1 is 1.00 bits per heavy atom. The molecule has 0 radical (unpaired) electrons. The van der Waals surface area contributed by atoms with E-state index < -0.39 is 0 Å². The Bertz CT molecular complexity index is 1310. The summed E-state index contributed by atoms with van der Waals surface area (Å²) in [6.45, 7) is 14.9. The first-order valence-electron chi connectivity index (χ1n) is 14.7. The Kier molecular flexibility index (Phi) is 15.1. The number of carbonyl (C=O) groups is 1. The number of piperidine rings is 1. The highest BCUT2D eigenvalue weighted by molar-refractivity contribution is 9.10. The van der Waals surface area contributed by atoms with E-state index in [1.807, 2.05) is 76.6 Å². The summed E-state index contributed by atoms with van der Waals surface area (Å²) in [6.07, 6.45) is 4.96. The predicted octanol–water partition coefficient (Wildman–Crippen LogP) is 8.00. The third-order valence-electron chi connectivity index (χ3n) is 6.58. The standard InChI is InChI=1S/C22H27N5O2.C7H7Br.2C2H6/c1-15-26-19-13-17(3-4-21(19)27(15)2)29-18-8-12-24-20(14-18)22(28)25-11-7-16-5-9-23-10-6-16;1-6-2-4-7(8)5-3-6;2*1-2/h3-4,8,12-14,16,23H,5-7,9-11H2,1-2H3,(H,25,28);2-5H,1H3;2*1-2H3. The Hall–Kier alpha value is -3.23. The Morgan fingerprint density at radius 3 is 2.32 bits per heavy atom. The van der Waals surface area contributed by atoms with Gasteiger partial charge in [0.15, 0.2) is 0 Å². The van der Waals surface area contributed by atoms with Crippen LogP contribution in [0.1, 0.15) is 68.8 Å². The van der Waals surface area contributed by atoms with Crippen LogP contribution in [0.5, 0.6) is 11.5 Å². The summed E-state index contributed by atoms with van der Waals surface area (Å²) in [6, 6.07) is 17.4. The van der Waals surface area contributed by atoms with Crippen molar-refractivity contribution in [1.29, 1.82) is 0 Å². The van der Waals surface area contributed by atoms with Gasteiger partial charge in [-0.3, -0.25) is 9.78 Å². The predicted molar refractivity (Wildman–Crippen MR) is 174 cm³/mol. The number of imidazole rings is 1. The lowest BCUT2D eigenvalue weighted by molar-refractivity contribution is 0.0945. The van der Waals surface area contributed by atoms with E-state index in [0.717, 1.165) is 40.8 Å². The number of hydrogen-bond donors (Lipinski definition) is 2. The molecule has 8 heteroatoms. The maximum atomic E-state index is 12.5. The fraction of sp³-hybridized carbons (Fsp3) is 0.424. The molecule has 2 aromatic carbocycles. The topological polar surface area (TPSA) is 81.1 Å². The van der Waals surface area contributed by atoms with Gasteiger partial charge in [0, 0.05) is 36.4 Å². The Morgan fingerprint density at radius 2 is 1.66 bits per heavy atom. The number of ether oxygens (including phenoxy) is 1. The van der Waals surface area contributed by atoms with Gasteiger partial charge in [0.2, 0.25) is 0 Å². The second-order valence-electron chi connectivity index (χ2n) is 9.38. The molecule has 0 aliphatic carbocycles. The summed E-state index contributed by atoms with van der Waals surface area (Å²) in [5.74, 6) is 2.73. The fourth-order valence-electron chi connectivity index (χ4n) is 4.28. The minimum atomic E-state index is -0.166. The molecule has 222 valence electrons. The summed E-state index contributed by atoms with van der Waals surface area (Å²) in [5.41, 5.74) is 3.60. The van der Waals surface area contributed by atoms with Crippen LogP contribution < -0.4 is 15.4 Å². The highest BCUT2D eigenvalue weighted by Crippen LogP contribution is 2.26. The maximum Gasteiger partial charge on any atom is 0.270 e. The second-order valence-corrected chi connectivity index (χ2v) is 10.3. The lowest BCUT2D eigenvalue weighted by atomic mass is 9.95. The molecule has 1 saturated heterocycles. The van der Waals surface area contributed by atoms with Crippen molar-refractivity contribution in [2.75, 3.05) is 19.6 Å². The third kappa shape index (κ3) is 10.9. The molecule has 7 nitrogen and oxygen atoms in total. The number of benzene rings is 2. The van der Waals surface area contributed by atoms with Crippen LogP contribution in [0.25, 0.3) is 11.0 Å². The first-order valence-corrected chi connectivity index (χ1v) is 15.5. The molecule has 41 heavy (non-hydrogen) atoms. The molecule has 3 heterocycles. The second kappa shape index (κ2) is 18.3. The van der Waals surface area contributed by atoms with Crippen LogP contribution in [-0.2, 0) is 7.05 Å². The molecular formula is C33H46BrN5O2. The molecule has 0 unspecified atom stereocenters. The molecule has 0 bridgehead atoms. The largest absolute Gasteiger partial charge is 0.457 e. The smallest absolute Gasteiger partial charge is 0.270 e. The zero-order valence-corrected chi connectivity index (χ0v) is 27.2. The lowest BCUT2D eigenvalue weighted by Crippen LogP contribution is -2.31. The van der Waals surface area contributed by atoms with Crippen LogP contribution in [0.4, 0.5) is 0 Å². The highest BCUT2D eigenvalue weighted by atomic mass is 79.9. The number of nitrogens with zero attached hydrogens (tertiary/aromatic N) is 3. The number of hydrogen-bond acceptors (Lipinski definition) is 5. The average molecular weight is 625 g/mol. The van der Waals surface area contributed by atoms with Crippen LogP contribution in [0.3, 0.4) is 0 Å². The molecule has 1 aliphatic heterocycles. The summed E-state index contributed by atoms with van der Waals surface area (Å²) in [4.78, 5) is 21.2. The minimum Gasteiger partial charge on any atom is -0.457 e. The van der Waals surface area contributed by atoms with Crippen LogP contribution in [-0.4, -0.2) is 40.1 Å². The van der Waals surface area contributed by atoms with Gasteiger partial charge in [0.1, 0.15) is 23.0 Å². The number of carbonyl (C=O) groups excluding carboxylic acids is 1. The van der Waals surface area contributed by atoms with Gasteiger partial charge in [-0.15, -0.1) is 0 Å². The summed E-state index contributed by atoms with van der Waals surface area (Å²) in [5, 5.41) is 6.34. The third-order valence-corrected chi connectivity index (χ3v) is 7.11. The number of halogens is 1. The van der Waals surface area contributed by atoms with Crippen molar-refractivity contribution < 1.29 is 9.53 Å². The van der Waals surface area contributed by atoms with E-state index in [1.165, 1.54) is 18.4 Å². The molecule has 1 amide bonds. The molecule has 0 saturated carbocycles. The quantitative estimate of drug-likeness (QED) is 0.227. The van der Waals surface area contributed by atoms with Gasteiger partial charge in [-0.05, 0) is 82.4 Å². The van der Waals surface area contributed by atoms with Crippen molar-refractivity contribution in [3.63, 3.8) is 0 Å². The van der Waals surface area contributed by atoms with E-state index in [0.29, 0.717) is 29.7 Å². The van der Waals surface area contributed by atoms with E-state index in [-0.39, 0.29) is 5.91 Å². The summed E-state index contributed by atoms with van der Waals surface area (Å²) < 4.78 is 9.13. The van der Waals surface area contributed by atoms with E-state index in [4.69, 9.17) is 4.74 Å². The molecule has 0 spiro atoms. The maximum absolute atomic E-state index is 12.5. The molecule has 1 fully saturated rings. The molecule has 2 N–H and O–H groups in total. The Balaban J connectivity index is 0.000000414. The van der Waals surface area contributed by atoms with Crippen LogP contribution >= 0.6 is 15.9 Å². The molecule has 1 aliphatic rings. The zero-order valence-electron chi connectivity index (χ0n) is 25.6. The first-order chi connectivity index (χ1) is 19.9. The van der Waals surface area contributed by atoms with E-state index in [2.05, 4.69) is 55.6 Å². The number of pyridine rings is 1. The SMILES string of the molecule is CC.CC.Cc1ccc(Br)cc1.Cc1nc2cc(Oc3ccnc(C(=O)NCCC4CCNCC4)c3)ccc2n1C. The summed E-state index contributed by atoms with van der Waals surface area (Å²) in [7, 11) is 1.99. The van der Waals surface area contributed by atoms with Crippen molar-refractivity contribution in [2.45, 2.75) is 60.8 Å². The van der Waals surface area contributed by atoms with Gasteiger partial charge in [-0.2, -0.15) is 0 Å². The number of fused-ring (bicyclic) bond motifs is 1. The number of amides is 1. The average Bonchev–Trinajstić information content (AvgIpc) is 3.29. The van der Waals surface area contributed by atoms with Crippen LogP contribution in [0.15, 0.2) is 65.3 Å². The van der Waals surface area contributed by atoms with Crippen LogP contribution in [0, 0.1) is 19.8 Å². The van der Waals surface area contributed by atoms with E-state index in [1.54, 1.807) is 18.3 Å². The van der Waals surface area contributed by atoms with Crippen molar-refractivity contribution in [2.24, 2.45) is 13.0 Å². The molecule has 4 aromatic rings. The van der Waals surface area contributed by atoms with Crippen molar-refractivity contribution >= 4 is 32.9 Å². The van der Waals surface area contributed by atoms with Crippen molar-refractivity contribution in [3.8, 4) is 11.5 Å². The normalized spacial score (nSPS) is 12.6. The minimum absolute atomic E-state index is 0.166. The Labute approximate surface area is 254 Å². The number of aryl methyl sites for hydroxylation is 3. The molecular weight excluding hydrogens is 578 g/mol. The number of nitrogens with one attached hydrogen (secondary N) is 2. The van der Waals surface area contributed by atoms with Gasteiger partial charge in [0.25, 0.3) is 5.91 Å². The molecule has 5 rings (SSSR count). The van der Waals surface area contributed by atoms with Gasteiger partial charge < -0.3 is 19.9 Å². The van der Waals surface area contributed by atoms with Gasteiger partial charge in [-0.1, -0.05) is 61.3 Å². The van der Waals surface area contributed by atoms with Gasteiger partial charge >= 0.3 is 0 Å². The van der Waals surface area contributed by atoms with Gasteiger partial charge in [-0.25, -0.2) is 4.98 Å². The lowest BCUT2D eigenvalue weighted by Gasteiger charge is -2.22. The van der Waals surface area contributed by atoms with Gasteiger partial charge in [0.05, 0.1) is 11.0 Å². The molecule has 0 atom stereocenters. The van der Waals surface area contributed by atoms with E-state index in [9.17, 15) is 4.79 Å². The first kappa shape index (κ1) is 34.0. The fourth-order valence-corrected chi connectivity index (χ4v) is 4.55. The molecule has 2 aromatic heterocycles.